The van der Waals surface area contributed by atoms with E-state index in [0.717, 1.165) is 11.4 Å². The Bertz CT molecular complexity index is 550. The van der Waals surface area contributed by atoms with Gasteiger partial charge in [-0.05, 0) is 20.8 Å². The van der Waals surface area contributed by atoms with Gasteiger partial charge in [0.25, 0.3) is 0 Å². The van der Waals surface area contributed by atoms with Gasteiger partial charge in [0.15, 0.2) is 0 Å². The van der Waals surface area contributed by atoms with Gasteiger partial charge in [-0.15, -0.1) is 0 Å². The Morgan fingerprint density at radius 1 is 1.28 bits per heavy atom. The number of anilines is 1. The normalized spacial score (nSPS) is 10.4. The van der Waals surface area contributed by atoms with Crippen LogP contribution in [0.4, 0.5) is 5.95 Å². The monoisotopic (exact) mass is 248 g/mol. The zero-order chi connectivity index (χ0) is 13.1. The van der Waals surface area contributed by atoms with E-state index in [-0.39, 0.29) is 0 Å². The van der Waals surface area contributed by atoms with Crippen LogP contribution < -0.4 is 10.1 Å². The van der Waals surface area contributed by atoms with Crippen LogP contribution in [0, 0.1) is 13.8 Å². The van der Waals surface area contributed by atoms with Gasteiger partial charge in [0.05, 0.1) is 12.3 Å². The summed E-state index contributed by atoms with van der Waals surface area (Å²) in [4.78, 5) is 16.9. The maximum Gasteiger partial charge on any atom is 0.323 e. The number of aromatic nitrogens is 5. The topological polar surface area (TPSA) is 77.8 Å². The highest BCUT2D eigenvalue weighted by atomic mass is 16.5. The van der Waals surface area contributed by atoms with Crippen molar-refractivity contribution in [1.82, 2.24) is 24.5 Å². The molecule has 7 heteroatoms. The van der Waals surface area contributed by atoms with Crippen LogP contribution in [-0.2, 0) is 0 Å². The predicted molar refractivity (Wildman–Crippen MR) is 67.1 cm³/mol. The lowest BCUT2D eigenvalue weighted by Crippen LogP contribution is -2.09. The Labute approximate surface area is 105 Å². The summed E-state index contributed by atoms with van der Waals surface area (Å²) in [6.07, 6.45) is 1.69. The zero-order valence-electron chi connectivity index (χ0n) is 10.9. The van der Waals surface area contributed by atoms with Crippen LogP contribution in [0.2, 0.25) is 0 Å². The summed E-state index contributed by atoms with van der Waals surface area (Å²) in [5.41, 5.74) is 1.94. The first-order chi connectivity index (χ1) is 8.65. The fraction of sp³-hybridized carbons (Fsp3) is 0.455. The summed E-state index contributed by atoms with van der Waals surface area (Å²) >= 11 is 0. The maximum atomic E-state index is 5.32. The fourth-order valence-corrected chi connectivity index (χ4v) is 1.46. The first kappa shape index (κ1) is 12.3. The van der Waals surface area contributed by atoms with Crippen LogP contribution in [0.5, 0.6) is 6.01 Å². The van der Waals surface area contributed by atoms with E-state index in [2.05, 4.69) is 25.3 Å². The van der Waals surface area contributed by atoms with E-state index in [1.807, 2.05) is 20.8 Å². The van der Waals surface area contributed by atoms with Gasteiger partial charge in [0.2, 0.25) is 11.9 Å². The third-order valence-corrected chi connectivity index (χ3v) is 2.57. The third-order valence-electron chi connectivity index (χ3n) is 2.57. The molecule has 0 aliphatic rings. The number of ether oxygens (including phenoxy) is 1. The SMILES string of the molecule is CCOc1nc(NC)nc(-n2cnc(C)c2C)n1. The molecule has 2 aromatic heterocycles. The van der Waals surface area contributed by atoms with E-state index in [9.17, 15) is 0 Å². The number of nitrogens with zero attached hydrogens (tertiary/aromatic N) is 5. The lowest BCUT2D eigenvalue weighted by Gasteiger charge is -2.08. The summed E-state index contributed by atoms with van der Waals surface area (Å²) in [5, 5.41) is 2.89. The van der Waals surface area contributed by atoms with Crippen molar-refractivity contribution in [2.75, 3.05) is 19.0 Å². The average molecular weight is 248 g/mol. The van der Waals surface area contributed by atoms with Gasteiger partial charge < -0.3 is 10.1 Å². The number of imidazole rings is 1. The fourth-order valence-electron chi connectivity index (χ4n) is 1.46. The van der Waals surface area contributed by atoms with E-state index in [0.29, 0.717) is 24.5 Å². The Balaban J connectivity index is 2.49. The number of rotatable bonds is 4. The van der Waals surface area contributed by atoms with Gasteiger partial charge in [-0.3, -0.25) is 4.57 Å². The number of aryl methyl sites for hydroxylation is 1. The summed E-state index contributed by atoms with van der Waals surface area (Å²) in [5.74, 6) is 0.963. The first-order valence-corrected chi connectivity index (χ1v) is 5.73. The van der Waals surface area contributed by atoms with Gasteiger partial charge in [-0.25, -0.2) is 4.98 Å². The number of hydrogen-bond donors (Lipinski definition) is 1. The maximum absolute atomic E-state index is 5.32. The molecule has 96 valence electrons. The lowest BCUT2D eigenvalue weighted by atomic mass is 10.4. The number of nitrogens with one attached hydrogen (secondary N) is 1. The molecule has 2 heterocycles. The molecule has 1 N–H and O–H groups in total. The molecule has 0 saturated heterocycles. The molecule has 0 aliphatic carbocycles. The molecule has 0 aliphatic heterocycles. The highest BCUT2D eigenvalue weighted by Gasteiger charge is 2.11. The molecular weight excluding hydrogens is 232 g/mol. The summed E-state index contributed by atoms with van der Waals surface area (Å²) < 4.78 is 7.13. The summed E-state index contributed by atoms with van der Waals surface area (Å²) in [6.45, 7) is 6.30. The van der Waals surface area contributed by atoms with E-state index in [4.69, 9.17) is 4.74 Å². The van der Waals surface area contributed by atoms with Crippen LogP contribution in [0.3, 0.4) is 0 Å². The highest BCUT2D eigenvalue weighted by Crippen LogP contribution is 2.14. The van der Waals surface area contributed by atoms with Crippen molar-refractivity contribution in [3.8, 4) is 12.0 Å². The van der Waals surface area contributed by atoms with Crippen molar-refractivity contribution in [1.29, 1.82) is 0 Å². The van der Waals surface area contributed by atoms with E-state index in [1.54, 1.807) is 17.9 Å². The van der Waals surface area contributed by atoms with Gasteiger partial charge in [-0.1, -0.05) is 0 Å². The predicted octanol–water partition coefficient (Wildman–Crippen LogP) is 1.11. The van der Waals surface area contributed by atoms with Crippen molar-refractivity contribution in [3.05, 3.63) is 17.7 Å². The zero-order valence-corrected chi connectivity index (χ0v) is 10.9. The van der Waals surface area contributed by atoms with Gasteiger partial charge in [-0.2, -0.15) is 15.0 Å². The molecule has 0 unspecified atom stereocenters. The average Bonchev–Trinajstić information content (AvgIpc) is 2.70. The Hall–Kier alpha value is -2.18. The minimum atomic E-state index is 0.303. The van der Waals surface area contributed by atoms with Gasteiger partial charge in [0, 0.05) is 12.7 Å². The van der Waals surface area contributed by atoms with Crippen molar-refractivity contribution < 1.29 is 4.74 Å². The molecule has 0 aromatic carbocycles. The Morgan fingerprint density at radius 2 is 2.06 bits per heavy atom. The third kappa shape index (κ3) is 2.24. The minimum Gasteiger partial charge on any atom is -0.464 e. The Morgan fingerprint density at radius 3 is 2.61 bits per heavy atom. The lowest BCUT2D eigenvalue weighted by molar-refractivity contribution is 0.311. The highest BCUT2D eigenvalue weighted by molar-refractivity contribution is 5.31. The minimum absolute atomic E-state index is 0.303. The summed E-state index contributed by atoms with van der Waals surface area (Å²) in [6, 6.07) is 0.303. The van der Waals surface area contributed by atoms with Crippen LogP contribution in [0.25, 0.3) is 5.95 Å². The standard InChI is InChI=1S/C11H16N6O/c1-5-18-11-15-9(12-4)14-10(16-11)17-6-13-7(2)8(17)3/h6H,5H2,1-4H3,(H,12,14,15,16). The second-order valence-electron chi connectivity index (χ2n) is 3.71. The van der Waals surface area contributed by atoms with E-state index >= 15 is 0 Å². The summed E-state index contributed by atoms with van der Waals surface area (Å²) in [7, 11) is 1.75. The van der Waals surface area contributed by atoms with Gasteiger partial charge >= 0.3 is 6.01 Å². The van der Waals surface area contributed by atoms with Crippen molar-refractivity contribution in [3.63, 3.8) is 0 Å². The molecule has 0 saturated carbocycles. The van der Waals surface area contributed by atoms with Crippen LogP contribution in [0.1, 0.15) is 18.3 Å². The van der Waals surface area contributed by atoms with E-state index < -0.39 is 0 Å². The molecule has 0 atom stereocenters. The molecule has 0 bridgehead atoms. The molecule has 7 nitrogen and oxygen atoms in total. The molecule has 0 amide bonds. The van der Waals surface area contributed by atoms with E-state index in [1.165, 1.54) is 0 Å². The second kappa shape index (κ2) is 4.99. The largest absolute Gasteiger partial charge is 0.464 e. The number of hydrogen-bond acceptors (Lipinski definition) is 6. The quantitative estimate of drug-likeness (QED) is 0.873. The molecule has 18 heavy (non-hydrogen) atoms. The molecular formula is C11H16N6O. The first-order valence-electron chi connectivity index (χ1n) is 5.73. The molecule has 2 rings (SSSR count). The molecule has 0 spiro atoms. The molecule has 2 aromatic rings. The van der Waals surface area contributed by atoms with Crippen molar-refractivity contribution in [2.45, 2.75) is 20.8 Å². The van der Waals surface area contributed by atoms with Crippen molar-refractivity contribution >= 4 is 5.95 Å². The Kier molecular flexibility index (Phi) is 3.40. The molecule has 0 radical (unpaired) electrons. The van der Waals surface area contributed by atoms with Crippen LogP contribution in [0.15, 0.2) is 6.33 Å². The van der Waals surface area contributed by atoms with Crippen molar-refractivity contribution in [2.24, 2.45) is 0 Å². The van der Waals surface area contributed by atoms with Crippen LogP contribution >= 0.6 is 0 Å². The van der Waals surface area contributed by atoms with Crippen LogP contribution in [-0.4, -0.2) is 38.2 Å². The van der Waals surface area contributed by atoms with Gasteiger partial charge in [0.1, 0.15) is 6.33 Å². The smallest absolute Gasteiger partial charge is 0.323 e. The second-order valence-corrected chi connectivity index (χ2v) is 3.71. The molecule has 0 fully saturated rings.